The van der Waals surface area contributed by atoms with E-state index in [-0.39, 0.29) is 12.6 Å². The van der Waals surface area contributed by atoms with Gasteiger partial charge in [0.2, 0.25) is 0 Å². The number of ether oxygens (including phenoxy) is 3. The average molecular weight is 496 g/mol. The fraction of sp³-hybridized carbons (Fsp3) is 0.240. The summed E-state index contributed by atoms with van der Waals surface area (Å²) in [7, 11) is 0. The van der Waals surface area contributed by atoms with Gasteiger partial charge in [0, 0.05) is 12.4 Å². The molecule has 0 bridgehead atoms. The first-order valence-electron chi connectivity index (χ1n) is 11.2. The van der Waals surface area contributed by atoms with E-state index in [0.29, 0.717) is 53.4 Å². The zero-order valence-corrected chi connectivity index (χ0v) is 20.2. The lowest BCUT2D eigenvalue weighted by Crippen LogP contribution is -2.19. The molecule has 35 heavy (non-hydrogen) atoms. The molecule has 0 atom stereocenters. The maximum Gasteiger partial charge on any atom is 0.274 e. The topological polar surface area (TPSA) is 92.4 Å². The molecular formula is C25H26ClN5O4. The van der Waals surface area contributed by atoms with Gasteiger partial charge in [0.25, 0.3) is 5.91 Å². The SMILES string of the molecule is CCOc1ccc(Cn2cc(NC(=O)c3ccnn3COc3ccccc3Cl)cn2)cc1OCC. The number of anilines is 1. The Morgan fingerprint density at radius 1 is 0.971 bits per heavy atom. The molecule has 9 nitrogen and oxygen atoms in total. The number of benzene rings is 2. The fourth-order valence-electron chi connectivity index (χ4n) is 3.41. The number of halogens is 1. The van der Waals surface area contributed by atoms with E-state index in [0.717, 1.165) is 5.56 Å². The molecule has 2 heterocycles. The molecule has 0 aliphatic rings. The van der Waals surface area contributed by atoms with E-state index in [9.17, 15) is 4.79 Å². The molecule has 2 aromatic heterocycles. The van der Waals surface area contributed by atoms with Crippen molar-refractivity contribution in [3.8, 4) is 17.2 Å². The minimum atomic E-state index is -0.329. The lowest BCUT2D eigenvalue weighted by Gasteiger charge is -2.12. The van der Waals surface area contributed by atoms with Gasteiger partial charge in [-0.05, 0) is 49.7 Å². The average Bonchev–Trinajstić information content (AvgIpc) is 3.50. The van der Waals surface area contributed by atoms with Gasteiger partial charge in [-0.25, -0.2) is 4.68 Å². The van der Waals surface area contributed by atoms with Crippen LogP contribution in [0.25, 0.3) is 0 Å². The van der Waals surface area contributed by atoms with Crippen molar-refractivity contribution in [1.82, 2.24) is 19.6 Å². The first-order valence-corrected chi connectivity index (χ1v) is 11.6. The molecule has 0 saturated carbocycles. The lowest BCUT2D eigenvalue weighted by atomic mass is 10.2. The molecule has 0 spiro atoms. The van der Waals surface area contributed by atoms with E-state index in [2.05, 4.69) is 15.5 Å². The Hall–Kier alpha value is -3.98. The van der Waals surface area contributed by atoms with Crippen LogP contribution >= 0.6 is 11.6 Å². The van der Waals surface area contributed by atoms with Crippen molar-refractivity contribution in [2.45, 2.75) is 27.1 Å². The van der Waals surface area contributed by atoms with E-state index in [1.807, 2.05) is 44.2 Å². The number of aromatic nitrogens is 4. The summed E-state index contributed by atoms with van der Waals surface area (Å²) < 4.78 is 20.2. The number of nitrogens with one attached hydrogen (secondary N) is 1. The molecule has 2 aromatic carbocycles. The Morgan fingerprint density at radius 2 is 1.77 bits per heavy atom. The van der Waals surface area contributed by atoms with Gasteiger partial charge in [0.1, 0.15) is 11.4 Å². The van der Waals surface area contributed by atoms with Crippen LogP contribution < -0.4 is 19.5 Å². The molecule has 10 heteroatoms. The van der Waals surface area contributed by atoms with Crippen LogP contribution in [-0.2, 0) is 13.3 Å². The highest BCUT2D eigenvalue weighted by Crippen LogP contribution is 2.29. The summed E-state index contributed by atoms with van der Waals surface area (Å²) in [5.74, 6) is 1.59. The molecule has 0 fully saturated rings. The third-order valence-corrected chi connectivity index (χ3v) is 5.28. The minimum absolute atomic E-state index is 0.0403. The van der Waals surface area contributed by atoms with E-state index in [1.54, 1.807) is 35.3 Å². The standard InChI is InChI=1S/C25H26ClN5O4/c1-3-33-23-10-9-18(13-24(23)34-4-2)15-30-16-19(14-28-30)29-25(32)21-11-12-27-31(21)17-35-22-8-6-5-7-20(22)26/h5-14,16H,3-4,15,17H2,1-2H3,(H,29,32). The molecule has 0 radical (unpaired) electrons. The number of rotatable bonds is 11. The summed E-state index contributed by atoms with van der Waals surface area (Å²) in [6.07, 6.45) is 4.89. The van der Waals surface area contributed by atoms with Crippen LogP contribution in [0.15, 0.2) is 67.1 Å². The molecule has 4 aromatic rings. The van der Waals surface area contributed by atoms with Crippen LogP contribution in [0.4, 0.5) is 5.69 Å². The molecule has 0 saturated heterocycles. The van der Waals surface area contributed by atoms with Gasteiger partial charge in [-0.2, -0.15) is 10.2 Å². The summed E-state index contributed by atoms with van der Waals surface area (Å²) in [4.78, 5) is 12.8. The Labute approximate surface area is 208 Å². The number of hydrogen-bond donors (Lipinski definition) is 1. The van der Waals surface area contributed by atoms with E-state index in [4.69, 9.17) is 25.8 Å². The molecule has 0 aliphatic carbocycles. The molecule has 4 rings (SSSR count). The molecular weight excluding hydrogens is 470 g/mol. The zero-order valence-electron chi connectivity index (χ0n) is 19.5. The fourth-order valence-corrected chi connectivity index (χ4v) is 3.60. The van der Waals surface area contributed by atoms with Gasteiger partial charge in [0.05, 0.1) is 36.7 Å². The largest absolute Gasteiger partial charge is 0.490 e. The maximum absolute atomic E-state index is 12.8. The summed E-state index contributed by atoms with van der Waals surface area (Å²) >= 11 is 6.12. The quantitative estimate of drug-likeness (QED) is 0.319. The van der Waals surface area contributed by atoms with Gasteiger partial charge in [-0.1, -0.05) is 29.8 Å². The van der Waals surface area contributed by atoms with Crippen LogP contribution in [-0.4, -0.2) is 38.7 Å². The Balaban J connectivity index is 1.39. The van der Waals surface area contributed by atoms with Gasteiger partial charge in [0.15, 0.2) is 18.2 Å². The second kappa shape index (κ2) is 11.4. The monoisotopic (exact) mass is 495 g/mol. The summed E-state index contributed by atoms with van der Waals surface area (Å²) in [5, 5.41) is 11.9. The van der Waals surface area contributed by atoms with Crippen LogP contribution in [0.3, 0.4) is 0 Å². The predicted octanol–water partition coefficient (Wildman–Crippen LogP) is 4.87. The highest BCUT2D eigenvalue weighted by atomic mass is 35.5. The highest BCUT2D eigenvalue weighted by Gasteiger charge is 2.14. The van der Waals surface area contributed by atoms with Gasteiger partial charge >= 0.3 is 0 Å². The van der Waals surface area contributed by atoms with Crippen LogP contribution in [0, 0.1) is 0 Å². The Kier molecular flexibility index (Phi) is 7.89. The molecule has 1 N–H and O–H groups in total. The number of carbonyl (C=O) groups is 1. The van der Waals surface area contributed by atoms with Crippen molar-refractivity contribution >= 4 is 23.2 Å². The van der Waals surface area contributed by atoms with Crippen LogP contribution in [0.2, 0.25) is 5.02 Å². The van der Waals surface area contributed by atoms with Crippen molar-refractivity contribution < 1.29 is 19.0 Å². The molecule has 0 aliphatic heterocycles. The summed E-state index contributed by atoms with van der Waals surface area (Å²) in [6, 6.07) is 14.5. The maximum atomic E-state index is 12.8. The normalized spacial score (nSPS) is 10.7. The smallest absolute Gasteiger partial charge is 0.274 e. The number of hydrogen-bond acceptors (Lipinski definition) is 6. The molecule has 182 valence electrons. The zero-order chi connectivity index (χ0) is 24.6. The van der Waals surface area contributed by atoms with Crippen molar-refractivity contribution in [1.29, 1.82) is 0 Å². The van der Waals surface area contributed by atoms with Gasteiger partial charge in [-0.15, -0.1) is 0 Å². The van der Waals surface area contributed by atoms with Crippen LogP contribution in [0.1, 0.15) is 29.9 Å². The second-order valence-electron chi connectivity index (χ2n) is 7.45. The van der Waals surface area contributed by atoms with Crippen molar-refractivity contribution in [2.75, 3.05) is 18.5 Å². The van der Waals surface area contributed by atoms with Gasteiger partial charge < -0.3 is 19.5 Å². The molecule has 0 unspecified atom stereocenters. The Bertz CT molecular complexity index is 1290. The first kappa shape index (κ1) is 24.2. The van der Waals surface area contributed by atoms with E-state index >= 15 is 0 Å². The minimum Gasteiger partial charge on any atom is -0.490 e. The summed E-state index contributed by atoms with van der Waals surface area (Å²) in [5.41, 5.74) is 1.90. The number of para-hydroxylation sites is 1. The van der Waals surface area contributed by atoms with Crippen LogP contribution in [0.5, 0.6) is 17.2 Å². The highest BCUT2D eigenvalue weighted by molar-refractivity contribution is 6.32. The second-order valence-corrected chi connectivity index (χ2v) is 7.85. The third-order valence-electron chi connectivity index (χ3n) is 4.97. The number of carbonyl (C=O) groups excluding carboxylic acids is 1. The van der Waals surface area contributed by atoms with E-state index in [1.165, 1.54) is 10.9 Å². The van der Waals surface area contributed by atoms with Gasteiger partial charge in [-0.3, -0.25) is 9.48 Å². The van der Waals surface area contributed by atoms with Crippen molar-refractivity contribution in [3.63, 3.8) is 0 Å². The Morgan fingerprint density at radius 3 is 2.57 bits per heavy atom. The van der Waals surface area contributed by atoms with Crippen molar-refractivity contribution in [2.24, 2.45) is 0 Å². The molecule has 1 amide bonds. The van der Waals surface area contributed by atoms with Crippen molar-refractivity contribution in [3.05, 3.63) is 83.4 Å². The summed E-state index contributed by atoms with van der Waals surface area (Å²) in [6.45, 7) is 5.51. The number of amides is 1. The lowest BCUT2D eigenvalue weighted by molar-refractivity contribution is 0.100. The first-order chi connectivity index (χ1) is 17.1. The third kappa shape index (κ3) is 6.13. The number of nitrogens with zero attached hydrogens (tertiary/aromatic N) is 4. The van der Waals surface area contributed by atoms with E-state index < -0.39 is 0 Å². The predicted molar refractivity (Wildman–Crippen MR) is 132 cm³/mol.